The molecule has 1 aromatic heterocycles. The summed E-state index contributed by atoms with van der Waals surface area (Å²) in [6.45, 7) is 3.94. The molecule has 0 radical (unpaired) electrons. The van der Waals surface area contributed by atoms with Crippen LogP contribution in [0.25, 0.3) is 0 Å². The molecule has 1 unspecified atom stereocenters. The van der Waals surface area contributed by atoms with Gasteiger partial charge in [0.15, 0.2) is 0 Å². The molecule has 96 valence electrons. The molecule has 18 heavy (non-hydrogen) atoms. The number of benzene rings is 1. The van der Waals surface area contributed by atoms with Crippen LogP contribution in [0.3, 0.4) is 0 Å². The van der Waals surface area contributed by atoms with E-state index in [2.05, 4.69) is 4.98 Å². The molecule has 4 heteroatoms. The van der Waals surface area contributed by atoms with E-state index in [0.29, 0.717) is 6.42 Å². The molecular weight excluding hydrogens is 246 g/mol. The Morgan fingerprint density at radius 2 is 2.17 bits per heavy atom. The molecule has 3 nitrogen and oxygen atoms in total. The second kappa shape index (κ2) is 5.50. The monoisotopic (exact) mass is 263 g/mol. The van der Waals surface area contributed by atoms with Crippen molar-refractivity contribution in [3.05, 3.63) is 45.4 Å². The van der Waals surface area contributed by atoms with Gasteiger partial charge in [0.1, 0.15) is 5.75 Å². The standard InChI is InChI=1S/C14H17NO2S/c1-9-6-11(17-3)4-5-12(9)13(16)7-14-15-10(2)8-18-14/h4-6,8,13,16H,7H2,1-3H3. The van der Waals surface area contributed by atoms with Crippen LogP contribution in [-0.2, 0) is 6.42 Å². The Kier molecular flexibility index (Phi) is 3.99. The van der Waals surface area contributed by atoms with E-state index in [9.17, 15) is 5.11 Å². The lowest BCUT2D eigenvalue weighted by Gasteiger charge is -2.13. The third kappa shape index (κ3) is 2.89. The lowest BCUT2D eigenvalue weighted by Crippen LogP contribution is -2.04. The van der Waals surface area contributed by atoms with E-state index in [1.54, 1.807) is 18.4 Å². The molecule has 0 saturated heterocycles. The maximum Gasteiger partial charge on any atom is 0.119 e. The first-order chi connectivity index (χ1) is 8.60. The van der Waals surface area contributed by atoms with Crippen LogP contribution in [0.15, 0.2) is 23.6 Å². The minimum atomic E-state index is -0.513. The van der Waals surface area contributed by atoms with Gasteiger partial charge in [0.05, 0.1) is 18.2 Å². The predicted molar refractivity (Wildman–Crippen MR) is 73.2 cm³/mol. The van der Waals surface area contributed by atoms with Gasteiger partial charge in [-0.05, 0) is 37.1 Å². The van der Waals surface area contributed by atoms with Crippen molar-refractivity contribution in [2.45, 2.75) is 26.4 Å². The normalized spacial score (nSPS) is 12.4. The molecule has 1 aromatic carbocycles. The number of aliphatic hydroxyl groups is 1. The van der Waals surface area contributed by atoms with Crippen LogP contribution in [0, 0.1) is 13.8 Å². The van der Waals surface area contributed by atoms with E-state index >= 15 is 0 Å². The molecule has 0 saturated carbocycles. The molecule has 1 heterocycles. The van der Waals surface area contributed by atoms with Gasteiger partial charge >= 0.3 is 0 Å². The molecule has 2 rings (SSSR count). The summed E-state index contributed by atoms with van der Waals surface area (Å²) in [6, 6.07) is 5.73. The number of aliphatic hydroxyl groups excluding tert-OH is 1. The lowest BCUT2D eigenvalue weighted by atomic mass is 10.0. The number of aromatic nitrogens is 1. The molecule has 0 spiro atoms. The maximum atomic E-state index is 10.3. The summed E-state index contributed by atoms with van der Waals surface area (Å²) in [5.41, 5.74) is 2.98. The van der Waals surface area contributed by atoms with Gasteiger partial charge in [-0.3, -0.25) is 0 Å². The minimum absolute atomic E-state index is 0.513. The average molecular weight is 263 g/mol. The van der Waals surface area contributed by atoms with Crippen LogP contribution < -0.4 is 4.74 Å². The third-order valence-electron chi connectivity index (χ3n) is 2.87. The van der Waals surface area contributed by atoms with E-state index in [4.69, 9.17) is 4.74 Å². The zero-order chi connectivity index (χ0) is 13.1. The number of hydrogen-bond donors (Lipinski definition) is 1. The van der Waals surface area contributed by atoms with Gasteiger partial charge in [-0.1, -0.05) is 6.07 Å². The summed E-state index contributed by atoms with van der Waals surface area (Å²) in [7, 11) is 1.64. The Balaban J connectivity index is 2.15. The summed E-state index contributed by atoms with van der Waals surface area (Å²) < 4.78 is 5.16. The summed E-state index contributed by atoms with van der Waals surface area (Å²) >= 11 is 1.59. The Bertz CT molecular complexity index is 536. The molecule has 1 N–H and O–H groups in total. The largest absolute Gasteiger partial charge is 0.497 e. The van der Waals surface area contributed by atoms with Gasteiger partial charge in [0, 0.05) is 17.5 Å². The molecule has 0 amide bonds. The highest BCUT2D eigenvalue weighted by Crippen LogP contribution is 2.26. The van der Waals surface area contributed by atoms with Crippen molar-refractivity contribution in [2.24, 2.45) is 0 Å². The summed E-state index contributed by atoms with van der Waals surface area (Å²) in [5, 5.41) is 13.2. The van der Waals surface area contributed by atoms with Crippen molar-refractivity contribution < 1.29 is 9.84 Å². The number of aryl methyl sites for hydroxylation is 2. The number of rotatable bonds is 4. The van der Waals surface area contributed by atoms with Gasteiger partial charge in [0.25, 0.3) is 0 Å². The summed E-state index contributed by atoms with van der Waals surface area (Å²) in [6.07, 6.45) is 0.0486. The SMILES string of the molecule is COc1ccc(C(O)Cc2nc(C)cs2)c(C)c1. The van der Waals surface area contributed by atoms with E-state index in [1.165, 1.54) is 0 Å². The van der Waals surface area contributed by atoms with Crippen molar-refractivity contribution in [3.8, 4) is 5.75 Å². The molecule has 0 aliphatic rings. The summed E-state index contributed by atoms with van der Waals surface area (Å²) in [4.78, 5) is 4.37. The molecule has 1 atom stereocenters. The number of thiazole rings is 1. The number of methoxy groups -OCH3 is 1. The van der Waals surface area contributed by atoms with Crippen LogP contribution in [0.2, 0.25) is 0 Å². The minimum Gasteiger partial charge on any atom is -0.497 e. The Hall–Kier alpha value is -1.39. The number of nitrogens with zero attached hydrogens (tertiary/aromatic N) is 1. The quantitative estimate of drug-likeness (QED) is 0.922. The van der Waals surface area contributed by atoms with Crippen molar-refractivity contribution in [2.75, 3.05) is 7.11 Å². The van der Waals surface area contributed by atoms with E-state index in [1.807, 2.05) is 37.4 Å². The van der Waals surface area contributed by atoms with Crippen molar-refractivity contribution in [3.63, 3.8) is 0 Å². The molecule has 0 aliphatic carbocycles. The smallest absolute Gasteiger partial charge is 0.119 e. The highest BCUT2D eigenvalue weighted by atomic mass is 32.1. The van der Waals surface area contributed by atoms with Gasteiger partial charge in [-0.15, -0.1) is 11.3 Å². The Morgan fingerprint density at radius 1 is 1.39 bits per heavy atom. The zero-order valence-corrected chi connectivity index (χ0v) is 11.6. The van der Waals surface area contributed by atoms with E-state index in [0.717, 1.165) is 27.6 Å². The van der Waals surface area contributed by atoms with Crippen LogP contribution in [0.4, 0.5) is 0 Å². The van der Waals surface area contributed by atoms with Gasteiger partial charge in [-0.25, -0.2) is 4.98 Å². The highest BCUT2D eigenvalue weighted by Gasteiger charge is 2.13. The number of hydrogen-bond acceptors (Lipinski definition) is 4. The first-order valence-electron chi connectivity index (χ1n) is 5.83. The van der Waals surface area contributed by atoms with Crippen LogP contribution >= 0.6 is 11.3 Å². The fourth-order valence-corrected chi connectivity index (χ4v) is 2.73. The molecular formula is C14H17NO2S. The average Bonchev–Trinajstić information content (AvgIpc) is 2.74. The predicted octanol–water partition coefficient (Wildman–Crippen LogP) is 3.04. The third-order valence-corrected chi connectivity index (χ3v) is 3.86. The first-order valence-corrected chi connectivity index (χ1v) is 6.71. The Labute approximate surface area is 111 Å². The summed E-state index contributed by atoms with van der Waals surface area (Å²) in [5.74, 6) is 0.813. The second-order valence-corrected chi connectivity index (χ2v) is 5.27. The maximum absolute atomic E-state index is 10.3. The lowest BCUT2D eigenvalue weighted by molar-refractivity contribution is 0.177. The van der Waals surface area contributed by atoms with Crippen LogP contribution in [-0.4, -0.2) is 17.2 Å². The highest BCUT2D eigenvalue weighted by molar-refractivity contribution is 7.09. The van der Waals surface area contributed by atoms with Gasteiger partial charge < -0.3 is 9.84 Å². The number of ether oxygens (including phenoxy) is 1. The van der Waals surface area contributed by atoms with Crippen molar-refractivity contribution in [1.29, 1.82) is 0 Å². The molecule has 2 aromatic rings. The Morgan fingerprint density at radius 3 is 2.72 bits per heavy atom. The van der Waals surface area contributed by atoms with Crippen molar-refractivity contribution >= 4 is 11.3 Å². The van der Waals surface area contributed by atoms with Crippen LogP contribution in [0.5, 0.6) is 5.75 Å². The second-order valence-electron chi connectivity index (χ2n) is 4.33. The molecule has 0 bridgehead atoms. The fraction of sp³-hybridized carbons (Fsp3) is 0.357. The van der Waals surface area contributed by atoms with E-state index in [-0.39, 0.29) is 0 Å². The fourth-order valence-electron chi connectivity index (χ4n) is 1.92. The van der Waals surface area contributed by atoms with E-state index < -0.39 is 6.10 Å². The van der Waals surface area contributed by atoms with Crippen LogP contribution in [0.1, 0.15) is 27.9 Å². The van der Waals surface area contributed by atoms with Crippen molar-refractivity contribution in [1.82, 2.24) is 4.98 Å². The molecule has 0 aliphatic heterocycles. The van der Waals surface area contributed by atoms with Gasteiger partial charge in [0.2, 0.25) is 0 Å². The topological polar surface area (TPSA) is 42.4 Å². The van der Waals surface area contributed by atoms with Gasteiger partial charge in [-0.2, -0.15) is 0 Å². The molecule has 0 fully saturated rings. The zero-order valence-electron chi connectivity index (χ0n) is 10.8. The first kappa shape index (κ1) is 13.1.